The molecule has 1 aromatic rings. The molecule has 1 fully saturated rings. The summed E-state index contributed by atoms with van der Waals surface area (Å²) in [7, 11) is 0. The lowest BCUT2D eigenvalue weighted by molar-refractivity contribution is -0.118. The van der Waals surface area contributed by atoms with Crippen LogP contribution in [0, 0.1) is 0 Å². The SMILES string of the molecule is O=C1CN(NC(=O)c2ccc[nH]c2=O)C(=O)N1. The summed E-state index contributed by atoms with van der Waals surface area (Å²) in [5.41, 5.74) is 1.45. The van der Waals surface area contributed by atoms with Gasteiger partial charge in [-0.1, -0.05) is 0 Å². The maximum atomic E-state index is 11.6. The first-order valence-electron chi connectivity index (χ1n) is 4.68. The number of pyridine rings is 1. The first kappa shape index (κ1) is 10.9. The summed E-state index contributed by atoms with van der Waals surface area (Å²) in [5, 5.41) is 2.79. The van der Waals surface area contributed by atoms with Crippen LogP contribution >= 0.6 is 0 Å². The van der Waals surface area contributed by atoms with Gasteiger partial charge >= 0.3 is 6.03 Å². The Morgan fingerprint density at radius 2 is 2.12 bits per heavy atom. The molecule has 0 unspecified atom stereocenters. The molecule has 1 aliphatic rings. The maximum Gasteiger partial charge on any atom is 0.343 e. The molecule has 0 bridgehead atoms. The van der Waals surface area contributed by atoms with Gasteiger partial charge in [-0.15, -0.1) is 0 Å². The van der Waals surface area contributed by atoms with Gasteiger partial charge in [0, 0.05) is 6.20 Å². The minimum Gasteiger partial charge on any atom is -0.328 e. The Bertz CT molecular complexity index is 550. The fraction of sp³-hybridized carbons (Fsp3) is 0.111. The van der Waals surface area contributed by atoms with Gasteiger partial charge in [0.05, 0.1) is 0 Å². The third-order valence-electron chi connectivity index (χ3n) is 2.09. The van der Waals surface area contributed by atoms with Gasteiger partial charge in [0.25, 0.3) is 11.5 Å². The summed E-state index contributed by atoms with van der Waals surface area (Å²) in [6, 6.07) is 2.06. The highest BCUT2D eigenvalue weighted by atomic mass is 16.2. The monoisotopic (exact) mass is 236 g/mol. The van der Waals surface area contributed by atoms with Crippen molar-refractivity contribution in [1.82, 2.24) is 20.7 Å². The smallest absolute Gasteiger partial charge is 0.328 e. The van der Waals surface area contributed by atoms with Crippen molar-refractivity contribution in [2.24, 2.45) is 0 Å². The molecular weight excluding hydrogens is 228 g/mol. The van der Waals surface area contributed by atoms with Crippen molar-refractivity contribution < 1.29 is 14.4 Å². The number of hydrazine groups is 1. The lowest BCUT2D eigenvalue weighted by atomic mass is 10.3. The van der Waals surface area contributed by atoms with Crippen LogP contribution in [0.2, 0.25) is 0 Å². The maximum absolute atomic E-state index is 11.6. The van der Waals surface area contributed by atoms with Crippen molar-refractivity contribution in [2.75, 3.05) is 6.54 Å². The Labute approximate surface area is 94.6 Å². The summed E-state index contributed by atoms with van der Waals surface area (Å²) < 4.78 is 0. The van der Waals surface area contributed by atoms with E-state index in [1.165, 1.54) is 18.3 Å². The number of amides is 4. The molecular formula is C9H8N4O4. The summed E-state index contributed by atoms with van der Waals surface area (Å²) >= 11 is 0. The summed E-state index contributed by atoms with van der Waals surface area (Å²) in [6.45, 7) is -0.269. The predicted octanol–water partition coefficient (Wildman–Crippen LogP) is -1.43. The number of rotatable bonds is 2. The van der Waals surface area contributed by atoms with Gasteiger partial charge in [-0.2, -0.15) is 0 Å². The quantitative estimate of drug-likeness (QED) is 0.546. The molecule has 1 aliphatic heterocycles. The molecule has 3 N–H and O–H groups in total. The van der Waals surface area contributed by atoms with Gasteiger partial charge in [-0.05, 0) is 12.1 Å². The van der Waals surface area contributed by atoms with Crippen molar-refractivity contribution in [3.63, 3.8) is 0 Å². The van der Waals surface area contributed by atoms with Crippen LogP contribution < -0.4 is 16.3 Å². The zero-order valence-corrected chi connectivity index (χ0v) is 8.52. The van der Waals surface area contributed by atoms with E-state index in [0.29, 0.717) is 0 Å². The third-order valence-corrected chi connectivity index (χ3v) is 2.09. The van der Waals surface area contributed by atoms with Crippen LogP contribution in [0.4, 0.5) is 4.79 Å². The first-order chi connectivity index (χ1) is 8.08. The molecule has 8 heteroatoms. The Balaban J connectivity index is 2.13. The van der Waals surface area contributed by atoms with E-state index >= 15 is 0 Å². The Morgan fingerprint density at radius 1 is 1.35 bits per heavy atom. The highest BCUT2D eigenvalue weighted by Gasteiger charge is 2.28. The molecule has 1 saturated heterocycles. The van der Waals surface area contributed by atoms with E-state index in [1.807, 2.05) is 5.32 Å². The highest BCUT2D eigenvalue weighted by molar-refractivity contribution is 6.03. The number of imide groups is 1. The van der Waals surface area contributed by atoms with Crippen LogP contribution in [-0.4, -0.2) is 34.4 Å². The van der Waals surface area contributed by atoms with Gasteiger partial charge in [-0.25, -0.2) is 9.80 Å². The van der Waals surface area contributed by atoms with Crippen LogP contribution in [0.3, 0.4) is 0 Å². The number of hydrogen-bond acceptors (Lipinski definition) is 4. The summed E-state index contributed by atoms with van der Waals surface area (Å²) in [4.78, 5) is 47.2. The molecule has 88 valence electrons. The fourth-order valence-electron chi connectivity index (χ4n) is 1.32. The molecule has 0 radical (unpaired) electrons. The van der Waals surface area contributed by atoms with Gasteiger partial charge in [-0.3, -0.25) is 25.1 Å². The average Bonchev–Trinajstić information content (AvgIpc) is 2.58. The number of hydrogen-bond donors (Lipinski definition) is 3. The van der Waals surface area contributed by atoms with Crippen molar-refractivity contribution in [3.8, 4) is 0 Å². The van der Waals surface area contributed by atoms with Crippen molar-refractivity contribution in [3.05, 3.63) is 34.2 Å². The zero-order valence-electron chi connectivity index (χ0n) is 8.52. The van der Waals surface area contributed by atoms with E-state index < -0.39 is 23.4 Å². The molecule has 8 nitrogen and oxygen atoms in total. The predicted molar refractivity (Wildman–Crippen MR) is 54.8 cm³/mol. The van der Waals surface area contributed by atoms with Gasteiger partial charge in [0.15, 0.2) is 0 Å². The molecule has 4 amide bonds. The van der Waals surface area contributed by atoms with Crippen LogP contribution in [0.15, 0.2) is 23.1 Å². The highest BCUT2D eigenvalue weighted by Crippen LogP contribution is 1.96. The third kappa shape index (κ3) is 2.14. The van der Waals surface area contributed by atoms with E-state index in [-0.39, 0.29) is 12.1 Å². The van der Waals surface area contributed by atoms with Gasteiger partial charge < -0.3 is 4.98 Å². The second kappa shape index (κ2) is 4.08. The molecule has 2 rings (SSSR count). The molecule has 0 spiro atoms. The fourth-order valence-corrected chi connectivity index (χ4v) is 1.32. The molecule has 0 atom stereocenters. The number of urea groups is 1. The topological polar surface area (TPSA) is 111 Å². The number of nitrogens with zero attached hydrogens (tertiary/aromatic N) is 1. The lowest BCUT2D eigenvalue weighted by Crippen LogP contribution is -2.45. The van der Waals surface area contributed by atoms with E-state index in [0.717, 1.165) is 5.01 Å². The van der Waals surface area contributed by atoms with E-state index in [2.05, 4.69) is 10.4 Å². The summed E-state index contributed by atoms with van der Waals surface area (Å²) in [5.74, 6) is -1.27. The molecule has 0 aliphatic carbocycles. The minimum absolute atomic E-state index is 0.139. The largest absolute Gasteiger partial charge is 0.343 e. The molecule has 0 aromatic carbocycles. The normalized spacial score (nSPS) is 14.7. The second-order valence-corrected chi connectivity index (χ2v) is 3.29. The van der Waals surface area contributed by atoms with Gasteiger partial charge in [0.2, 0.25) is 5.91 Å². The number of carbonyl (C=O) groups excluding carboxylic acids is 3. The van der Waals surface area contributed by atoms with E-state index in [9.17, 15) is 19.2 Å². The molecule has 17 heavy (non-hydrogen) atoms. The van der Waals surface area contributed by atoms with Crippen LogP contribution in [0.5, 0.6) is 0 Å². The molecule has 1 aromatic heterocycles. The second-order valence-electron chi connectivity index (χ2n) is 3.29. The van der Waals surface area contributed by atoms with Crippen molar-refractivity contribution in [2.45, 2.75) is 0 Å². The number of nitrogens with one attached hydrogen (secondary N) is 3. The molecule has 0 saturated carbocycles. The van der Waals surface area contributed by atoms with Crippen molar-refractivity contribution in [1.29, 1.82) is 0 Å². The standard InChI is InChI=1S/C9H8N4O4/c14-6-4-13(9(17)11-6)12-8(16)5-2-1-3-10-7(5)15/h1-3H,4H2,(H,10,15)(H,12,16)(H,11,14,17). The minimum atomic E-state index is -0.753. The number of H-pyrrole nitrogens is 1. The van der Waals surface area contributed by atoms with Gasteiger partial charge in [0.1, 0.15) is 12.1 Å². The number of aromatic nitrogens is 1. The Hall–Kier alpha value is -2.64. The van der Waals surface area contributed by atoms with Crippen molar-refractivity contribution >= 4 is 17.8 Å². The van der Waals surface area contributed by atoms with Crippen LogP contribution in [0.25, 0.3) is 0 Å². The Morgan fingerprint density at radius 3 is 2.71 bits per heavy atom. The summed E-state index contributed by atoms with van der Waals surface area (Å²) in [6.07, 6.45) is 1.38. The number of carbonyl (C=O) groups is 3. The van der Waals surface area contributed by atoms with E-state index in [4.69, 9.17) is 0 Å². The number of aromatic amines is 1. The lowest BCUT2D eigenvalue weighted by Gasteiger charge is -2.13. The van der Waals surface area contributed by atoms with E-state index in [1.54, 1.807) is 0 Å². The first-order valence-corrected chi connectivity index (χ1v) is 4.68. The molecule has 2 heterocycles. The Kier molecular flexibility index (Phi) is 2.61. The average molecular weight is 236 g/mol. The van der Waals surface area contributed by atoms with Crippen LogP contribution in [0.1, 0.15) is 10.4 Å². The zero-order chi connectivity index (χ0) is 12.4. The van der Waals surface area contributed by atoms with Crippen LogP contribution in [-0.2, 0) is 4.79 Å².